The molecule has 0 atom stereocenters. The minimum atomic E-state index is 0.00602. The maximum atomic E-state index is 12.1. The van der Waals surface area contributed by atoms with Gasteiger partial charge >= 0.3 is 0 Å². The monoisotopic (exact) mass is 353 g/mol. The summed E-state index contributed by atoms with van der Waals surface area (Å²) in [6.07, 6.45) is 1.99. The average Bonchev–Trinajstić information content (AvgIpc) is 3.13. The third kappa shape index (κ3) is 4.67. The summed E-state index contributed by atoms with van der Waals surface area (Å²) >= 11 is 1.70. The number of rotatable bonds is 6. The second kappa shape index (κ2) is 7.94. The number of thioether (sulfide) groups is 1. The fraction of sp³-hybridized carbons (Fsp3) is 0.222. The molecule has 128 valence electrons. The number of carbonyl (C=O) groups is 1. The standard InChI is InChI=1S/C18H19N5OS/c1-13-3-8-17(11-14(13)2)25-10-9-18(24)20-15-4-6-16(7-5-15)23-12-19-21-22-23/h3-8,11-12H,9-10H2,1-2H3,(H,20,24). The van der Waals surface area contributed by atoms with Crippen molar-refractivity contribution in [2.75, 3.05) is 11.1 Å². The number of hydrogen-bond acceptors (Lipinski definition) is 5. The normalized spacial score (nSPS) is 10.6. The number of anilines is 1. The van der Waals surface area contributed by atoms with Crippen LogP contribution in [0.1, 0.15) is 17.5 Å². The Labute approximate surface area is 150 Å². The Bertz CT molecular complexity index is 846. The highest BCUT2D eigenvalue weighted by atomic mass is 32.2. The van der Waals surface area contributed by atoms with Crippen LogP contribution >= 0.6 is 11.8 Å². The Morgan fingerprint density at radius 2 is 1.92 bits per heavy atom. The molecule has 2 aromatic carbocycles. The summed E-state index contributed by atoms with van der Waals surface area (Å²) in [5.41, 5.74) is 4.16. The molecule has 6 nitrogen and oxygen atoms in total. The summed E-state index contributed by atoms with van der Waals surface area (Å²) in [5.74, 6) is 0.753. The van der Waals surface area contributed by atoms with E-state index < -0.39 is 0 Å². The highest BCUT2D eigenvalue weighted by Gasteiger charge is 2.05. The number of tetrazole rings is 1. The zero-order chi connectivity index (χ0) is 17.6. The molecule has 0 fully saturated rings. The van der Waals surface area contributed by atoms with Crippen molar-refractivity contribution in [3.63, 3.8) is 0 Å². The highest BCUT2D eigenvalue weighted by Crippen LogP contribution is 2.22. The zero-order valence-electron chi connectivity index (χ0n) is 14.1. The lowest BCUT2D eigenvalue weighted by Gasteiger charge is -2.07. The number of nitrogens with zero attached hydrogens (tertiary/aromatic N) is 4. The number of nitrogens with one attached hydrogen (secondary N) is 1. The number of aromatic nitrogens is 4. The second-order valence-corrected chi connectivity index (χ2v) is 6.86. The van der Waals surface area contributed by atoms with E-state index in [0.717, 1.165) is 17.1 Å². The van der Waals surface area contributed by atoms with Gasteiger partial charge in [0.2, 0.25) is 5.91 Å². The molecule has 0 aliphatic heterocycles. The molecule has 0 aliphatic rings. The van der Waals surface area contributed by atoms with Crippen molar-refractivity contribution in [2.45, 2.75) is 25.2 Å². The smallest absolute Gasteiger partial charge is 0.225 e. The zero-order valence-corrected chi connectivity index (χ0v) is 15.0. The molecule has 1 N–H and O–H groups in total. The Kier molecular flexibility index (Phi) is 5.45. The third-order valence-corrected chi connectivity index (χ3v) is 4.84. The van der Waals surface area contributed by atoms with Crippen molar-refractivity contribution in [3.05, 3.63) is 59.9 Å². The average molecular weight is 353 g/mol. The summed E-state index contributed by atoms with van der Waals surface area (Å²) in [5, 5.41) is 13.9. The fourth-order valence-corrected chi connectivity index (χ4v) is 3.21. The van der Waals surface area contributed by atoms with Gasteiger partial charge in [0.1, 0.15) is 6.33 Å². The fourth-order valence-electron chi connectivity index (χ4n) is 2.27. The largest absolute Gasteiger partial charge is 0.326 e. The summed E-state index contributed by atoms with van der Waals surface area (Å²) in [7, 11) is 0. The lowest BCUT2D eigenvalue weighted by Crippen LogP contribution is -2.12. The van der Waals surface area contributed by atoms with Gasteiger partial charge in [0.15, 0.2) is 0 Å². The van der Waals surface area contributed by atoms with Crippen LogP contribution in [0.3, 0.4) is 0 Å². The molecule has 0 unspecified atom stereocenters. The molecular weight excluding hydrogens is 334 g/mol. The molecule has 0 saturated carbocycles. The molecule has 3 rings (SSSR count). The van der Waals surface area contributed by atoms with Crippen molar-refractivity contribution in [1.29, 1.82) is 0 Å². The van der Waals surface area contributed by atoms with Crippen LogP contribution in [-0.2, 0) is 4.79 Å². The van der Waals surface area contributed by atoms with Gasteiger partial charge in [0.25, 0.3) is 0 Å². The van der Waals surface area contributed by atoms with Crippen LogP contribution in [0.25, 0.3) is 5.69 Å². The van der Waals surface area contributed by atoms with Crippen LogP contribution in [0.15, 0.2) is 53.7 Å². The van der Waals surface area contributed by atoms with E-state index in [1.165, 1.54) is 22.3 Å². The van der Waals surface area contributed by atoms with Gasteiger partial charge in [-0.1, -0.05) is 6.07 Å². The maximum absolute atomic E-state index is 12.1. The van der Waals surface area contributed by atoms with Crippen LogP contribution in [0.4, 0.5) is 5.69 Å². The van der Waals surface area contributed by atoms with Crippen molar-refractivity contribution in [1.82, 2.24) is 20.2 Å². The minimum absolute atomic E-state index is 0.00602. The van der Waals surface area contributed by atoms with Crippen LogP contribution in [0.2, 0.25) is 0 Å². The SMILES string of the molecule is Cc1ccc(SCCC(=O)Nc2ccc(-n3cnnn3)cc2)cc1C. The summed E-state index contributed by atoms with van der Waals surface area (Å²) in [4.78, 5) is 13.3. The van der Waals surface area contributed by atoms with E-state index in [2.05, 4.69) is 52.9 Å². The van der Waals surface area contributed by atoms with Gasteiger partial charge in [-0.05, 0) is 71.8 Å². The lowest BCUT2D eigenvalue weighted by molar-refractivity contribution is -0.115. The number of amides is 1. The van der Waals surface area contributed by atoms with E-state index in [4.69, 9.17) is 0 Å². The molecule has 1 amide bonds. The van der Waals surface area contributed by atoms with E-state index in [1.807, 2.05) is 24.3 Å². The van der Waals surface area contributed by atoms with E-state index in [1.54, 1.807) is 16.4 Å². The summed E-state index contributed by atoms with van der Waals surface area (Å²) in [6, 6.07) is 13.8. The Balaban J connectivity index is 1.48. The molecule has 1 aromatic heterocycles. The van der Waals surface area contributed by atoms with Gasteiger partial charge in [-0.3, -0.25) is 4.79 Å². The first kappa shape index (κ1) is 17.2. The number of carbonyl (C=O) groups excluding carboxylic acids is 1. The van der Waals surface area contributed by atoms with E-state index in [0.29, 0.717) is 6.42 Å². The van der Waals surface area contributed by atoms with E-state index >= 15 is 0 Å². The molecule has 1 heterocycles. The first-order valence-corrected chi connectivity index (χ1v) is 8.94. The Morgan fingerprint density at radius 1 is 1.12 bits per heavy atom. The molecule has 0 saturated heterocycles. The first-order chi connectivity index (χ1) is 12.1. The number of hydrogen-bond donors (Lipinski definition) is 1. The van der Waals surface area contributed by atoms with Gasteiger partial charge < -0.3 is 5.32 Å². The van der Waals surface area contributed by atoms with Crippen molar-refractivity contribution in [2.24, 2.45) is 0 Å². The van der Waals surface area contributed by atoms with Crippen molar-refractivity contribution < 1.29 is 4.79 Å². The van der Waals surface area contributed by atoms with Crippen LogP contribution in [0, 0.1) is 13.8 Å². The van der Waals surface area contributed by atoms with Crippen LogP contribution in [0.5, 0.6) is 0 Å². The molecule has 0 radical (unpaired) electrons. The predicted molar refractivity (Wildman–Crippen MR) is 99.0 cm³/mol. The minimum Gasteiger partial charge on any atom is -0.326 e. The number of aryl methyl sites for hydroxylation is 2. The van der Waals surface area contributed by atoms with Gasteiger partial charge in [-0.25, -0.2) is 4.68 Å². The third-order valence-electron chi connectivity index (χ3n) is 3.84. The molecule has 3 aromatic rings. The molecular formula is C18H19N5OS. The van der Waals surface area contributed by atoms with E-state index in [-0.39, 0.29) is 5.91 Å². The van der Waals surface area contributed by atoms with Crippen LogP contribution in [-0.4, -0.2) is 31.9 Å². The molecule has 0 bridgehead atoms. The Hall–Kier alpha value is -2.67. The topological polar surface area (TPSA) is 72.7 Å². The molecule has 0 aliphatic carbocycles. The molecule has 25 heavy (non-hydrogen) atoms. The quantitative estimate of drug-likeness (QED) is 0.688. The summed E-state index contributed by atoms with van der Waals surface area (Å²) in [6.45, 7) is 4.20. The predicted octanol–water partition coefficient (Wildman–Crippen LogP) is 3.40. The lowest BCUT2D eigenvalue weighted by atomic mass is 10.1. The van der Waals surface area contributed by atoms with Gasteiger partial charge in [0, 0.05) is 22.8 Å². The maximum Gasteiger partial charge on any atom is 0.225 e. The second-order valence-electron chi connectivity index (χ2n) is 5.69. The Morgan fingerprint density at radius 3 is 2.60 bits per heavy atom. The molecule has 7 heteroatoms. The molecule has 0 spiro atoms. The highest BCUT2D eigenvalue weighted by molar-refractivity contribution is 7.99. The summed E-state index contributed by atoms with van der Waals surface area (Å²) < 4.78 is 1.56. The van der Waals surface area contributed by atoms with E-state index in [9.17, 15) is 4.79 Å². The first-order valence-electron chi connectivity index (χ1n) is 7.95. The van der Waals surface area contributed by atoms with Crippen LogP contribution < -0.4 is 5.32 Å². The van der Waals surface area contributed by atoms with Gasteiger partial charge in [-0.15, -0.1) is 16.9 Å². The van der Waals surface area contributed by atoms with Gasteiger partial charge in [-0.2, -0.15) is 0 Å². The van der Waals surface area contributed by atoms with Crippen molar-refractivity contribution >= 4 is 23.4 Å². The van der Waals surface area contributed by atoms with Crippen molar-refractivity contribution in [3.8, 4) is 5.69 Å². The van der Waals surface area contributed by atoms with Gasteiger partial charge in [0.05, 0.1) is 5.69 Å². The number of benzene rings is 2.